The quantitative estimate of drug-likeness (QED) is 0.800. The molecular formula is C15H22N2O2S. The summed E-state index contributed by atoms with van der Waals surface area (Å²) in [5.41, 5.74) is 2.06. The van der Waals surface area contributed by atoms with Crippen molar-refractivity contribution in [2.75, 3.05) is 11.6 Å². The first kappa shape index (κ1) is 15.2. The normalized spacial score (nSPS) is 22.3. The molecule has 3 N–H and O–H groups in total. The first-order valence-corrected chi connectivity index (χ1v) is 8.40. The molecular weight excluding hydrogens is 272 g/mol. The van der Waals surface area contributed by atoms with Gasteiger partial charge in [0.15, 0.2) is 0 Å². The second kappa shape index (κ2) is 7.55. The number of hydrogen-bond donors (Lipinski definition) is 3. The van der Waals surface area contributed by atoms with Gasteiger partial charge in [-0.25, -0.2) is 4.79 Å². The monoisotopic (exact) mass is 294 g/mol. The van der Waals surface area contributed by atoms with E-state index in [0.717, 1.165) is 37.1 Å². The molecule has 1 fully saturated rings. The molecule has 0 bridgehead atoms. The van der Waals surface area contributed by atoms with Crippen molar-refractivity contribution >= 4 is 23.5 Å². The molecule has 0 unspecified atom stereocenters. The summed E-state index contributed by atoms with van der Waals surface area (Å²) < 4.78 is 0. The molecule has 1 aliphatic rings. The number of aliphatic hydroxyl groups excluding tert-OH is 1. The minimum absolute atomic E-state index is 0.163. The largest absolute Gasteiger partial charge is 0.393 e. The lowest BCUT2D eigenvalue weighted by Crippen LogP contribution is -2.40. The molecule has 0 spiro atoms. The van der Waals surface area contributed by atoms with Crippen LogP contribution in [0.3, 0.4) is 0 Å². The van der Waals surface area contributed by atoms with Crippen LogP contribution in [0.1, 0.15) is 31.2 Å². The minimum atomic E-state index is -0.194. The predicted octanol–water partition coefficient (Wildman–Crippen LogP) is 2.97. The third-order valence-electron chi connectivity index (χ3n) is 3.55. The van der Waals surface area contributed by atoms with Gasteiger partial charge in [-0.2, -0.15) is 11.8 Å². The number of thioether (sulfide) groups is 1. The Morgan fingerprint density at radius 3 is 2.50 bits per heavy atom. The van der Waals surface area contributed by atoms with Crippen molar-refractivity contribution in [1.82, 2.24) is 5.32 Å². The third-order valence-corrected chi connectivity index (χ3v) is 4.18. The first-order valence-electron chi connectivity index (χ1n) is 7.01. The SMILES string of the molecule is CSCc1ccc(NC(=O)NC2CCC(O)CC2)cc1. The van der Waals surface area contributed by atoms with Gasteiger partial charge in [-0.3, -0.25) is 0 Å². The number of nitrogens with one attached hydrogen (secondary N) is 2. The van der Waals surface area contributed by atoms with Crippen LogP contribution in [0.15, 0.2) is 24.3 Å². The molecule has 1 aliphatic carbocycles. The standard InChI is InChI=1S/C15H22N2O2S/c1-20-10-11-2-4-12(5-3-11)16-15(19)17-13-6-8-14(18)9-7-13/h2-5,13-14,18H,6-10H2,1H3,(H2,16,17,19). The summed E-state index contributed by atoms with van der Waals surface area (Å²) in [5.74, 6) is 0.983. The maximum absolute atomic E-state index is 11.9. The lowest BCUT2D eigenvalue weighted by Gasteiger charge is -2.26. The maximum atomic E-state index is 11.9. The Morgan fingerprint density at radius 2 is 1.90 bits per heavy atom. The highest BCUT2D eigenvalue weighted by Crippen LogP contribution is 2.18. The average Bonchev–Trinajstić information content (AvgIpc) is 2.44. The first-order chi connectivity index (χ1) is 9.67. The van der Waals surface area contributed by atoms with Gasteiger partial charge in [0.25, 0.3) is 0 Å². The van der Waals surface area contributed by atoms with Crippen LogP contribution in [0, 0.1) is 0 Å². The van der Waals surface area contributed by atoms with E-state index >= 15 is 0 Å². The molecule has 0 saturated heterocycles. The number of benzene rings is 1. The average molecular weight is 294 g/mol. The summed E-state index contributed by atoms with van der Waals surface area (Å²) in [5, 5.41) is 15.2. The van der Waals surface area contributed by atoms with Gasteiger partial charge in [0.2, 0.25) is 0 Å². The van der Waals surface area contributed by atoms with Gasteiger partial charge in [0.1, 0.15) is 0 Å². The van der Waals surface area contributed by atoms with Gasteiger partial charge in [-0.05, 0) is 49.6 Å². The van der Waals surface area contributed by atoms with E-state index in [4.69, 9.17) is 0 Å². The van der Waals surface area contributed by atoms with Crippen LogP contribution in [0.5, 0.6) is 0 Å². The summed E-state index contributed by atoms with van der Waals surface area (Å²) in [6.07, 6.45) is 5.12. The van der Waals surface area contributed by atoms with E-state index in [2.05, 4.69) is 16.9 Å². The Balaban J connectivity index is 1.79. The highest BCUT2D eigenvalue weighted by Gasteiger charge is 2.20. The van der Waals surface area contributed by atoms with E-state index in [1.54, 1.807) is 11.8 Å². The fraction of sp³-hybridized carbons (Fsp3) is 0.533. The number of rotatable bonds is 4. The lowest BCUT2D eigenvalue weighted by atomic mass is 9.93. The van der Waals surface area contributed by atoms with E-state index in [0.29, 0.717) is 0 Å². The molecule has 2 rings (SSSR count). The topological polar surface area (TPSA) is 61.4 Å². The Morgan fingerprint density at radius 1 is 1.25 bits per heavy atom. The summed E-state index contributed by atoms with van der Waals surface area (Å²) in [6, 6.07) is 7.93. The van der Waals surface area contributed by atoms with Crippen molar-refractivity contribution in [3.63, 3.8) is 0 Å². The van der Waals surface area contributed by atoms with E-state index in [-0.39, 0.29) is 18.2 Å². The van der Waals surface area contributed by atoms with Gasteiger partial charge < -0.3 is 15.7 Å². The molecule has 1 saturated carbocycles. The number of hydrogen-bond acceptors (Lipinski definition) is 3. The van der Waals surface area contributed by atoms with E-state index in [1.807, 2.05) is 24.3 Å². The molecule has 0 atom stereocenters. The van der Waals surface area contributed by atoms with E-state index in [1.165, 1.54) is 5.56 Å². The predicted molar refractivity (Wildman–Crippen MR) is 84.1 cm³/mol. The van der Waals surface area contributed by atoms with E-state index in [9.17, 15) is 9.90 Å². The number of urea groups is 1. The van der Waals surface area contributed by atoms with Gasteiger partial charge in [-0.15, -0.1) is 0 Å². The molecule has 20 heavy (non-hydrogen) atoms. The zero-order chi connectivity index (χ0) is 14.4. The Bertz CT molecular complexity index is 428. The fourth-order valence-electron chi connectivity index (χ4n) is 2.42. The molecule has 0 radical (unpaired) electrons. The molecule has 110 valence electrons. The zero-order valence-corrected chi connectivity index (χ0v) is 12.6. The smallest absolute Gasteiger partial charge is 0.319 e. The Kier molecular flexibility index (Phi) is 5.73. The van der Waals surface area contributed by atoms with Gasteiger partial charge in [-0.1, -0.05) is 12.1 Å². The molecule has 0 aromatic heterocycles. The van der Waals surface area contributed by atoms with Gasteiger partial charge in [0, 0.05) is 17.5 Å². The van der Waals surface area contributed by atoms with Crippen molar-refractivity contribution in [2.24, 2.45) is 0 Å². The Hall–Kier alpha value is -1.20. The summed E-state index contributed by atoms with van der Waals surface area (Å²) in [7, 11) is 0. The van der Waals surface area contributed by atoms with Crippen LogP contribution in [-0.4, -0.2) is 29.5 Å². The van der Waals surface area contributed by atoms with Crippen molar-refractivity contribution in [3.05, 3.63) is 29.8 Å². The van der Waals surface area contributed by atoms with Crippen LogP contribution in [0.25, 0.3) is 0 Å². The molecule has 5 heteroatoms. The van der Waals surface area contributed by atoms with Crippen molar-refractivity contribution in [2.45, 2.75) is 43.6 Å². The van der Waals surface area contributed by atoms with Gasteiger partial charge in [0.05, 0.1) is 6.10 Å². The minimum Gasteiger partial charge on any atom is -0.393 e. The number of carbonyl (C=O) groups is 1. The highest BCUT2D eigenvalue weighted by atomic mass is 32.2. The van der Waals surface area contributed by atoms with Crippen LogP contribution >= 0.6 is 11.8 Å². The second-order valence-electron chi connectivity index (χ2n) is 5.23. The molecule has 4 nitrogen and oxygen atoms in total. The number of amides is 2. The maximum Gasteiger partial charge on any atom is 0.319 e. The van der Waals surface area contributed by atoms with Crippen molar-refractivity contribution in [1.29, 1.82) is 0 Å². The molecule has 0 aliphatic heterocycles. The number of anilines is 1. The summed E-state index contributed by atoms with van der Waals surface area (Å²) in [4.78, 5) is 11.9. The van der Waals surface area contributed by atoms with Crippen molar-refractivity contribution < 1.29 is 9.90 Å². The van der Waals surface area contributed by atoms with Gasteiger partial charge >= 0.3 is 6.03 Å². The van der Waals surface area contributed by atoms with Crippen LogP contribution in [0.4, 0.5) is 10.5 Å². The highest BCUT2D eigenvalue weighted by molar-refractivity contribution is 7.97. The number of carbonyl (C=O) groups excluding carboxylic acids is 1. The zero-order valence-electron chi connectivity index (χ0n) is 11.8. The molecule has 1 aromatic rings. The van der Waals surface area contributed by atoms with Crippen LogP contribution < -0.4 is 10.6 Å². The molecule has 1 aromatic carbocycles. The van der Waals surface area contributed by atoms with E-state index < -0.39 is 0 Å². The van der Waals surface area contributed by atoms with Crippen molar-refractivity contribution in [3.8, 4) is 0 Å². The molecule has 2 amide bonds. The summed E-state index contributed by atoms with van der Waals surface area (Å²) in [6.45, 7) is 0. The third kappa shape index (κ3) is 4.72. The lowest BCUT2D eigenvalue weighted by molar-refractivity contribution is 0.118. The summed E-state index contributed by atoms with van der Waals surface area (Å²) >= 11 is 1.78. The molecule has 0 heterocycles. The second-order valence-corrected chi connectivity index (χ2v) is 6.10. The fourth-order valence-corrected chi connectivity index (χ4v) is 2.95. The number of aliphatic hydroxyl groups is 1. The Labute approximate surface area is 124 Å². The van der Waals surface area contributed by atoms with Crippen LogP contribution in [0.2, 0.25) is 0 Å². The van der Waals surface area contributed by atoms with Crippen LogP contribution in [-0.2, 0) is 5.75 Å².